The molecule has 5 nitrogen and oxygen atoms in total. The normalized spacial score (nSPS) is 12.4. The van der Waals surface area contributed by atoms with Crippen LogP contribution in [0.5, 0.6) is 0 Å². The van der Waals surface area contributed by atoms with Crippen LogP contribution in [0.3, 0.4) is 0 Å². The molecule has 2 rings (SSSR count). The van der Waals surface area contributed by atoms with Crippen molar-refractivity contribution in [2.24, 2.45) is 7.05 Å². The SMILES string of the molecule is Cc1nn(C)c(CC(Br)c2ccccc2)c1[N+](=O)[O-]. The number of halogens is 1. The summed E-state index contributed by atoms with van der Waals surface area (Å²) in [5.74, 6) is 0. The first-order chi connectivity index (χ1) is 9.00. The summed E-state index contributed by atoms with van der Waals surface area (Å²) in [5.41, 5.74) is 2.29. The number of nitrogens with zero attached hydrogens (tertiary/aromatic N) is 3. The maximum Gasteiger partial charge on any atom is 0.313 e. The fourth-order valence-corrected chi connectivity index (χ4v) is 2.72. The van der Waals surface area contributed by atoms with E-state index in [1.165, 1.54) is 0 Å². The van der Waals surface area contributed by atoms with Crippen molar-refractivity contribution in [2.45, 2.75) is 18.2 Å². The van der Waals surface area contributed by atoms with E-state index in [0.717, 1.165) is 5.56 Å². The molecule has 0 radical (unpaired) electrons. The molecular formula is C13H14BrN3O2. The van der Waals surface area contributed by atoms with Crippen LogP contribution in [0.25, 0.3) is 0 Å². The third-order valence-corrected chi connectivity index (χ3v) is 3.88. The van der Waals surface area contributed by atoms with E-state index in [9.17, 15) is 10.1 Å². The van der Waals surface area contributed by atoms with E-state index in [4.69, 9.17) is 0 Å². The van der Waals surface area contributed by atoms with E-state index in [2.05, 4.69) is 21.0 Å². The second kappa shape index (κ2) is 5.52. The highest BCUT2D eigenvalue weighted by Gasteiger charge is 2.25. The van der Waals surface area contributed by atoms with Gasteiger partial charge in [-0.2, -0.15) is 5.10 Å². The van der Waals surface area contributed by atoms with Crippen LogP contribution in [0.2, 0.25) is 0 Å². The summed E-state index contributed by atoms with van der Waals surface area (Å²) in [5, 5.41) is 15.2. The van der Waals surface area contributed by atoms with E-state index in [-0.39, 0.29) is 15.4 Å². The molecule has 0 saturated carbocycles. The summed E-state index contributed by atoms with van der Waals surface area (Å²) in [7, 11) is 1.74. The topological polar surface area (TPSA) is 61.0 Å². The average molecular weight is 324 g/mol. The van der Waals surface area contributed by atoms with Gasteiger partial charge in [-0.3, -0.25) is 14.8 Å². The van der Waals surface area contributed by atoms with Crippen LogP contribution in [0.15, 0.2) is 30.3 Å². The van der Waals surface area contributed by atoms with Crippen molar-refractivity contribution in [2.75, 3.05) is 0 Å². The Morgan fingerprint density at radius 1 is 1.42 bits per heavy atom. The zero-order valence-electron chi connectivity index (χ0n) is 10.7. The van der Waals surface area contributed by atoms with Gasteiger partial charge in [0.05, 0.1) is 4.92 Å². The summed E-state index contributed by atoms with van der Waals surface area (Å²) in [6.45, 7) is 1.66. The summed E-state index contributed by atoms with van der Waals surface area (Å²) in [4.78, 5) is 10.8. The number of alkyl halides is 1. The Bertz CT molecular complexity index is 595. The Balaban J connectivity index is 2.31. The molecule has 0 spiro atoms. The minimum Gasteiger partial charge on any atom is -0.265 e. The number of benzene rings is 1. The molecular weight excluding hydrogens is 310 g/mol. The maximum atomic E-state index is 11.1. The molecule has 0 aliphatic carbocycles. The van der Waals surface area contributed by atoms with Crippen molar-refractivity contribution in [1.82, 2.24) is 9.78 Å². The predicted molar refractivity (Wildman–Crippen MR) is 76.4 cm³/mol. The number of hydrogen-bond donors (Lipinski definition) is 0. The zero-order valence-corrected chi connectivity index (χ0v) is 12.3. The van der Waals surface area contributed by atoms with Crippen LogP contribution in [0.1, 0.15) is 21.8 Å². The zero-order chi connectivity index (χ0) is 14.0. The minimum absolute atomic E-state index is 0.0298. The fraction of sp³-hybridized carbons (Fsp3) is 0.308. The molecule has 1 heterocycles. The number of aromatic nitrogens is 2. The van der Waals surface area contributed by atoms with Crippen LogP contribution in [0.4, 0.5) is 5.69 Å². The van der Waals surface area contributed by atoms with Gasteiger partial charge in [0.25, 0.3) is 0 Å². The van der Waals surface area contributed by atoms with Gasteiger partial charge < -0.3 is 0 Å². The van der Waals surface area contributed by atoms with Crippen LogP contribution in [0, 0.1) is 17.0 Å². The molecule has 0 amide bonds. The van der Waals surface area contributed by atoms with Crippen LogP contribution >= 0.6 is 15.9 Å². The molecule has 0 fully saturated rings. The first kappa shape index (κ1) is 13.7. The van der Waals surface area contributed by atoms with Gasteiger partial charge in [-0.15, -0.1) is 0 Å². The third-order valence-electron chi connectivity index (χ3n) is 3.02. The fourth-order valence-electron chi connectivity index (χ4n) is 2.11. The maximum absolute atomic E-state index is 11.1. The van der Waals surface area contributed by atoms with Crippen molar-refractivity contribution in [3.63, 3.8) is 0 Å². The van der Waals surface area contributed by atoms with E-state index in [0.29, 0.717) is 17.8 Å². The lowest BCUT2D eigenvalue weighted by Crippen LogP contribution is -2.04. The van der Waals surface area contributed by atoms with Crippen LogP contribution < -0.4 is 0 Å². The van der Waals surface area contributed by atoms with E-state index < -0.39 is 0 Å². The summed E-state index contributed by atoms with van der Waals surface area (Å²) < 4.78 is 1.59. The smallest absolute Gasteiger partial charge is 0.265 e. The molecule has 1 atom stereocenters. The lowest BCUT2D eigenvalue weighted by atomic mass is 10.1. The number of nitro groups is 1. The second-order valence-corrected chi connectivity index (χ2v) is 5.45. The molecule has 2 aromatic rings. The first-order valence-electron chi connectivity index (χ1n) is 5.86. The van der Waals surface area contributed by atoms with E-state index in [1.807, 2.05) is 30.3 Å². The molecule has 100 valence electrons. The summed E-state index contributed by atoms with van der Waals surface area (Å²) in [6.07, 6.45) is 0.525. The molecule has 0 aliphatic rings. The standard InChI is InChI=1S/C13H14BrN3O2/c1-9-13(17(18)19)12(16(2)15-9)8-11(14)10-6-4-3-5-7-10/h3-7,11H,8H2,1-2H3. The number of hydrogen-bond acceptors (Lipinski definition) is 3. The molecule has 6 heteroatoms. The van der Waals surface area contributed by atoms with Crippen molar-refractivity contribution >= 4 is 21.6 Å². The van der Waals surface area contributed by atoms with Gasteiger partial charge in [0.15, 0.2) is 0 Å². The molecule has 19 heavy (non-hydrogen) atoms. The predicted octanol–water partition coefficient (Wildman–Crippen LogP) is 3.32. The molecule has 0 saturated heterocycles. The summed E-state index contributed by atoms with van der Waals surface area (Å²) >= 11 is 3.59. The quantitative estimate of drug-likeness (QED) is 0.492. The van der Waals surface area contributed by atoms with Crippen molar-refractivity contribution in [1.29, 1.82) is 0 Å². The Morgan fingerprint density at radius 3 is 2.63 bits per heavy atom. The van der Waals surface area contributed by atoms with Crippen molar-refractivity contribution in [3.05, 3.63) is 57.4 Å². The number of aryl methyl sites for hydroxylation is 2. The van der Waals surface area contributed by atoms with Gasteiger partial charge in [0.2, 0.25) is 0 Å². The monoisotopic (exact) mass is 323 g/mol. The van der Waals surface area contributed by atoms with Crippen LogP contribution in [-0.4, -0.2) is 14.7 Å². The Kier molecular flexibility index (Phi) is 3.99. The van der Waals surface area contributed by atoms with Gasteiger partial charge >= 0.3 is 5.69 Å². The molecule has 1 aromatic carbocycles. The molecule has 0 N–H and O–H groups in total. The Morgan fingerprint density at radius 2 is 2.05 bits per heavy atom. The Hall–Kier alpha value is -1.69. The van der Waals surface area contributed by atoms with Gasteiger partial charge in [-0.1, -0.05) is 46.3 Å². The van der Waals surface area contributed by atoms with Gasteiger partial charge in [-0.25, -0.2) is 0 Å². The summed E-state index contributed by atoms with van der Waals surface area (Å²) in [6, 6.07) is 9.84. The first-order valence-corrected chi connectivity index (χ1v) is 6.78. The third kappa shape index (κ3) is 2.84. The molecule has 0 aliphatic heterocycles. The Labute approximate surface area is 119 Å². The average Bonchev–Trinajstić information content (AvgIpc) is 2.65. The van der Waals surface area contributed by atoms with Crippen molar-refractivity contribution in [3.8, 4) is 0 Å². The van der Waals surface area contributed by atoms with Gasteiger partial charge in [0.1, 0.15) is 11.4 Å². The highest BCUT2D eigenvalue weighted by atomic mass is 79.9. The van der Waals surface area contributed by atoms with Gasteiger partial charge in [-0.05, 0) is 12.5 Å². The molecule has 1 unspecified atom stereocenters. The van der Waals surface area contributed by atoms with E-state index >= 15 is 0 Å². The highest BCUT2D eigenvalue weighted by Crippen LogP contribution is 2.31. The molecule has 0 bridgehead atoms. The van der Waals surface area contributed by atoms with E-state index in [1.54, 1.807) is 18.7 Å². The minimum atomic E-state index is -0.359. The van der Waals surface area contributed by atoms with Crippen molar-refractivity contribution < 1.29 is 4.92 Å². The lowest BCUT2D eigenvalue weighted by Gasteiger charge is -2.09. The molecule has 1 aromatic heterocycles. The highest BCUT2D eigenvalue weighted by molar-refractivity contribution is 9.09. The lowest BCUT2D eigenvalue weighted by molar-refractivity contribution is -0.386. The van der Waals surface area contributed by atoms with Crippen LogP contribution in [-0.2, 0) is 13.5 Å². The number of rotatable bonds is 4. The second-order valence-electron chi connectivity index (χ2n) is 4.34. The van der Waals surface area contributed by atoms with Gasteiger partial charge in [0, 0.05) is 18.3 Å². The largest absolute Gasteiger partial charge is 0.313 e.